The van der Waals surface area contributed by atoms with E-state index in [1.807, 2.05) is 45.2 Å². The van der Waals surface area contributed by atoms with Crippen molar-refractivity contribution in [1.29, 1.82) is 0 Å². The number of thiazole rings is 1. The lowest BCUT2D eigenvalue weighted by Crippen LogP contribution is -2.06. The molecule has 0 saturated carbocycles. The molecule has 0 atom stereocenters. The number of ether oxygens (including phenoxy) is 1. The summed E-state index contributed by atoms with van der Waals surface area (Å²) in [7, 11) is 0. The molecule has 20 heavy (non-hydrogen) atoms. The Morgan fingerprint density at radius 1 is 1.35 bits per heavy atom. The van der Waals surface area contributed by atoms with Gasteiger partial charge in [0.25, 0.3) is 0 Å². The SMILES string of the molecule is Cc1csc(NN=Cc2ccc(OC(C)C)c(C)c2)n1. The second kappa shape index (κ2) is 6.52. The molecule has 0 saturated heterocycles. The predicted molar refractivity (Wildman–Crippen MR) is 85.0 cm³/mol. The monoisotopic (exact) mass is 289 g/mol. The molecule has 0 fully saturated rings. The number of benzene rings is 1. The lowest BCUT2D eigenvalue weighted by Gasteiger charge is -2.12. The van der Waals surface area contributed by atoms with Crippen LogP contribution in [-0.2, 0) is 0 Å². The third-order valence-electron chi connectivity index (χ3n) is 2.55. The highest BCUT2D eigenvalue weighted by Gasteiger charge is 2.02. The number of hydrazone groups is 1. The minimum atomic E-state index is 0.183. The van der Waals surface area contributed by atoms with Crippen molar-refractivity contribution >= 4 is 22.7 Å². The topological polar surface area (TPSA) is 46.5 Å². The van der Waals surface area contributed by atoms with Gasteiger partial charge in [-0.3, -0.25) is 5.43 Å². The minimum Gasteiger partial charge on any atom is -0.491 e. The molecule has 1 aromatic carbocycles. The third kappa shape index (κ3) is 4.06. The second-order valence-corrected chi connectivity index (χ2v) is 5.71. The van der Waals surface area contributed by atoms with Crippen LogP contribution in [0.25, 0.3) is 0 Å². The molecule has 0 bridgehead atoms. The van der Waals surface area contributed by atoms with Crippen molar-refractivity contribution in [3.8, 4) is 5.75 Å². The molecule has 0 unspecified atom stereocenters. The first-order valence-corrected chi connectivity index (χ1v) is 7.41. The van der Waals surface area contributed by atoms with E-state index in [-0.39, 0.29) is 6.10 Å². The normalized spacial score (nSPS) is 11.2. The van der Waals surface area contributed by atoms with E-state index in [0.717, 1.165) is 27.7 Å². The summed E-state index contributed by atoms with van der Waals surface area (Å²) >= 11 is 1.54. The van der Waals surface area contributed by atoms with Crippen molar-refractivity contribution in [2.24, 2.45) is 5.10 Å². The highest BCUT2D eigenvalue weighted by molar-refractivity contribution is 7.13. The van der Waals surface area contributed by atoms with Crippen molar-refractivity contribution in [2.75, 3.05) is 5.43 Å². The van der Waals surface area contributed by atoms with Crippen LogP contribution in [0.15, 0.2) is 28.7 Å². The molecule has 0 aliphatic heterocycles. The van der Waals surface area contributed by atoms with E-state index in [2.05, 4.69) is 21.6 Å². The summed E-state index contributed by atoms with van der Waals surface area (Å²) in [5.74, 6) is 0.917. The van der Waals surface area contributed by atoms with E-state index in [0.29, 0.717) is 0 Å². The fourth-order valence-corrected chi connectivity index (χ4v) is 2.34. The van der Waals surface area contributed by atoms with Crippen LogP contribution >= 0.6 is 11.3 Å². The van der Waals surface area contributed by atoms with Gasteiger partial charge in [-0.05, 0) is 57.0 Å². The van der Waals surface area contributed by atoms with E-state index in [9.17, 15) is 0 Å². The van der Waals surface area contributed by atoms with Crippen LogP contribution in [0.4, 0.5) is 5.13 Å². The maximum absolute atomic E-state index is 5.71. The summed E-state index contributed by atoms with van der Waals surface area (Å²) in [6.45, 7) is 8.04. The molecular weight excluding hydrogens is 270 g/mol. The second-order valence-electron chi connectivity index (χ2n) is 4.86. The summed E-state index contributed by atoms with van der Waals surface area (Å²) in [5, 5.41) is 6.98. The molecule has 1 N–H and O–H groups in total. The van der Waals surface area contributed by atoms with Gasteiger partial charge in [-0.1, -0.05) is 0 Å². The molecular formula is C15H19N3OS. The average Bonchev–Trinajstić information content (AvgIpc) is 2.78. The number of anilines is 1. The third-order valence-corrected chi connectivity index (χ3v) is 3.42. The van der Waals surface area contributed by atoms with E-state index >= 15 is 0 Å². The zero-order valence-corrected chi connectivity index (χ0v) is 13.0. The Bertz CT molecular complexity index is 605. The zero-order chi connectivity index (χ0) is 14.5. The largest absolute Gasteiger partial charge is 0.491 e. The highest BCUT2D eigenvalue weighted by atomic mass is 32.1. The molecule has 4 nitrogen and oxygen atoms in total. The van der Waals surface area contributed by atoms with Crippen LogP contribution in [0.1, 0.15) is 30.7 Å². The summed E-state index contributed by atoms with van der Waals surface area (Å²) in [6.07, 6.45) is 1.96. The standard InChI is InChI=1S/C15H19N3OS/c1-10(2)19-14-6-5-13(7-11(14)3)8-16-18-15-17-12(4)9-20-15/h5-10H,1-4H3,(H,17,18). The van der Waals surface area contributed by atoms with Gasteiger partial charge in [0.15, 0.2) is 0 Å². The van der Waals surface area contributed by atoms with Crippen molar-refractivity contribution in [1.82, 2.24) is 4.98 Å². The summed E-state index contributed by atoms with van der Waals surface area (Å²) < 4.78 is 5.71. The Kier molecular flexibility index (Phi) is 4.74. The number of aromatic nitrogens is 1. The van der Waals surface area contributed by atoms with Gasteiger partial charge in [0.2, 0.25) is 5.13 Å². The number of rotatable bonds is 5. The molecule has 0 amide bonds. The molecule has 2 aromatic rings. The molecule has 106 valence electrons. The van der Waals surface area contributed by atoms with E-state index in [4.69, 9.17) is 4.74 Å². The smallest absolute Gasteiger partial charge is 0.203 e. The quantitative estimate of drug-likeness (QED) is 0.668. The van der Waals surface area contributed by atoms with Crippen LogP contribution in [-0.4, -0.2) is 17.3 Å². The zero-order valence-electron chi connectivity index (χ0n) is 12.2. The average molecular weight is 289 g/mol. The lowest BCUT2D eigenvalue weighted by molar-refractivity contribution is 0.241. The van der Waals surface area contributed by atoms with Gasteiger partial charge in [-0.2, -0.15) is 5.10 Å². The van der Waals surface area contributed by atoms with Crippen LogP contribution in [0.3, 0.4) is 0 Å². The Balaban J connectivity index is 2.01. The van der Waals surface area contributed by atoms with Gasteiger partial charge in [0, 0.05) is 5.38 Å². The van der Waals surface area contributed by atoms with Crippen molar-refractivity contribution < 1.29 is 4.74 Å². The van der Waals surface area contributed by atoms with Crippen LogP contribution in [0.2, 0.25) is 0 Å². The molecule has 1 aromatic heterocycles. The van der Waals surface area contributed by atoms with Gasteiger partial charge < -0.3 is 4.74 Å². The fourth-order valence-electron chi connectivity index (χ4n) is 1.71. The summed E-state index contributed by atoms with van der Waals surface area (Å²) in [6, 6.07) is 6.02. The molecule has 0 aliphatic carbocycles. The maximum atomic E-state index is 5.71. The number of hydrogen-bond donors (Lipinski definition) is 1. The molecule has 5 heteroatoms. The van der Waals surface area contributed by atoms with Gasteiger partial charge in [-0.15, -0.1) is 11.3 Å². The molecule has 1 heterocycles. The maximum Gasteiger partial charge on any atom is 0.203 e. The van der Waals surface area contributed by atoms with Crippen molar-refractivity contribution in [2.45, 2.75) is 33.8 Å². The number of hydrogen-bond acceptors (Lipinski definition) is 5. The van der Waals surface area contributed by atoms with Gasteiger partial charge in [0.05, 0.1) is 18.0 Å². The number of nitrogens with zero attached hydrogens (tertiary/aromatic N) is 2. The van der Waals surface area contributed by atoms with E-state index in [1.54, 1.807) is 17.6 Å². The first-order chi connectivity index (χ1) is 9.54. The molecule has 2 rings (SSSR count). The predicted octanol–water partition coefficient (Wildman–Crippen LogP) is 3.99. The van der Waals surface area contributed by atoms with Crippen molar-refractivity contribution in [3.63, 3.8) is 0 Å². The summed E-state index contributed by atoms with van der Waals surface area (Å²) in [5.41, 5.74) is 6.06. The van der Waals surface area contributed by atoms with Gasteiger partial charge in [0.1, 0.15) is 5.75 Å². The lowest BCUT2D eigenvalue weighted by atomic mass is 10.1. The first kappa shape index (κ1) is 14.5. The van der Waals surface area contributed by atoms with E-state index in [1.165, 1.54) is 0 Å². The van der Waals surface area contributed by atoms with Crippen LogP contribution in [0.5, 0.6) is 5.75 Å². The molecule has 0 aliphatic rings. The van der Waals surface area contributed by atoms with Crippen LogP contribution in [0, 0.1) is 13.8 Å². The van der Waals surface area contributed by atoms with Crippen molar-refractivity contribution in [3.05, 3.63) is 40.4 Å². The Hall–Kier alpha value is -1.88. The first-order valence-electron chi connectivity index (χ1n) is 6.53. The van der Waals surface area contributed by atoms with E-state index < -0.39 is 0 Å². The Labute approximate surface area is 123 Å². The molecule has 0 spiro atoms. The fraction of sp³-hybridized carbons (Fsp3) is 0.333. The highest BCUT2D eigenvalue weighted by Crippen LogP contribution is 2.20. The Morgan fingerprint density at radius 2 is 2.15 bits per heavy atom. The molecule has 0 radical (unpaired) electrons. The van der Waals surface area contributed by atoms with Crippen LogP contribution < -0.4 is 10.2 Å². The number of aryl methyl sites for hydroxylation is 2. The van der Waals surface area contributed by atoms with Gasteiger partial charge in [-0.25, -0.2) is 4.98 Å². The van der Waals surface area contributed by atoms with Gasteiger partial charge >= 0.3 is 0 Å². The number of nitrogens with one attached hydrogen (secondary N) is 1. The Morgan fingerprint density at radius 3 is 2.75 bits per heavy atom. The minimum absolute atomic E-state index is 0.183. The summed E-state index contributed by atoms with van der Waals surface area (Å²) in [4.78, 5) is 4.28.